The summed E-state index contributed by atoms with van der Waals surface area (Å²) in [5, 5.41) is 18.1. The highest BCUT2D eigenvalue weighted by molar-refractivity contribution is 5.96. The van der Waals surface area contributed by atoms with Gasteiger partial charge in [0, 0.05) is 55.2 Å². The van der Waals surface area contributed by atoms with Crippen molar-refractivity contribution in [2.75, 3.05) is 67.6 Å². The first-order chi connectivity index (χ1) is 20.3. The number of anilines is 5. The summed E-state index contributed by atoms with van der Waals surface area (Å²) >= 11 is 0. The van der Waals surface area contributed by atoms with Crippen LogP contribution in [0, 0.1) is 18.3 Å². The molecule has 1 aromatic heterocycles. The van der Waals surface area contributed by atoms with E-state index in [1.54, 1.807) is 53.6 Å². The van der Waals surface area contributed by atoms with E-state index in [2.05, 4.69) is 43.9 Å². The summed E-state index contributed by atoms with van der Waals surface area (Å²) in [6, 6.07) is 14.0. The van der Waals surface area contributed by atoms with Crippen LogP contribution in [-0.4, -0.2) is 84.1 Å². The molecule has 218 valence electrons. The number of carbonyl (C=O) groups is 2. The number of nitrogens with zero attached hydrogens (tertiary/aromatic N) is 6. The lowest BCUT2D eigenvalue weighted by molar-refractivity contribution is 0.0917. The van der Waals surface area contributed by atoms with Gasteiger partial charge >= 0.3 is 6.03 Å². The number of nitrogen functional groups attached to an aromatic ring is 1. The molecule has 0 aliphatic carbocycles. The number of hydrogen-bond acceptors (Lipinski definition) is 9. The van der Waals surface area contributed by atoms with Gasteiger partial charge < -0.3 is 36.4 Å². The average Bonchev–Trinajstić information content (AvgIpc) is 3.00. The van der Waals surface area contributed by atoms with E-state index in [9.17, 15) is 9.59 Å². The minimum absolute atomic E-state index is 0.124. The van der Waals surface area contributed by atoms with Crippen LogP contribution in [0.1, 0.15) is 34.3 Å². The van der Waals surface area contributed by atoms with Gasteiger partial charge in [-0.3, -0.25) is 4.79 Å². The van der Waals surface area contributed by atoms with Crippen molar-refractivity contribution >= 4 is 40.8 Å². The Bertz CT molecular complexity index is 1470. The first-order valence-electron chi connectivity index (χ1n) is 14.1. The van der Waals surface area contributed by atoms with Crippen molar-refractivity contribution in [3.63, 3.8) is 0 Å². The van der Waals surface area contributed by atoms with Gasteiger partial charge in [-0.2, -0.15) is 10.2 Å². The van der Waals surface area contributed by atoms with Crippen LogP contribution in [0.5, 0.6) is 0 Å². The summed E-state index contributed by atoms with van der Waals surface area (Å²) in [6.45, 7) is 6.18. The SMILES string of the molecule is Cc1cnc(Nc2ccc(C(=O)NC3CCN(C)CC3)cc2N)nc1N1CCN(C(=O)Nc2ccc(C#N)cc2)CC1. The van der Waals surface area contributed by atoms with Crippen molar-refractivity contribution in [3.05, 3.63) is 65.4 Å². The van der Waals surface area contributed by atoms with Crippen LogP contribution in [-0.2, 0) is 0 Å². The molecule has 2 saturated heterocycles. The number of urea groups is 1. The van der Waals surface area contributed by atoms with Gasteiger partial charge in [0.25, 0.3) is 5.91 Å². The van der Waals surface area contributed by atoms with E-state index in [1.165, 1.54) is 0 Å². The topological polar surface area (TPSA) is 156 Å². The van der Waals surface area contributed by atoms with Gasteiger partial charge in [0.15, 0.2) is 0 Å². The second-order valence-corrected chi connectivity index (χ2v) is 10.8. The van der Waals surface area contributed by atoms with Crippen molar-refractivity contribution in [2.24, 2.45) is 0 Å². The van der Waals surface area contributed by atoms with E-state index >= 15 is 0 Å². The summed E-state index contributed by atoms with van der Waals surface area (Å²) in [7, 11) is 2.09. The number of aryl methyl sites for hydroxylation is 1. The molecule has 3 aromatic rings. The molecule has 3 heterocycles. The minimum Gasteiger partial charge on any atom is -0.397 e. The molecule has 2 aliphatic rings. The monoisotopic (exact) mass is 568 g/mol. The molecule has 42 heavy (non-hydrogen) atoms. The molecule has 3 amide bonds. The molecule has 2 fully saturated rings. The zero-order valence-electron chi connectivity index (χ0n) is 23.9. The number of amides is 3. The van der Waals surface area contributed by atoms with Gasteiger partial charge in [0.05, 0.1) is 23.0 Å². The molecule has 2 aliphatic heterocycles. The minimum atomic E-state index is -0.180. The van der Waals surface area contributed by atoms with Gasteiger partial charge in [0.2, 0.25) is 5.95 Å². The predicted octanol–water partition coefficient (Wildman–Crippen LogP) is 3.16. The molecule has 2 aromatic carbocycles. The molecule has 0 saturated carbocycles. The van der Waals surface area contributed by atoms with E-state index in [1.807, 2.05) is 6.92 Å². The van der Waals surface area contributed by atoms with Crippen LogP contribution in [0.3, 0.4) is 0 Å². The number of nitriles is 1. The largest absolute Gasteiger partial charge is 0.397 e. The fourth-order valence-corrected chi connectivity index (χ4v) is 5.13. The molecular weight excluding hydrogens is 532 g/mol. The van der Waals surface area contributed by atoms with Gasteiger partial charge in [-0.25, -0.2) is 9.78 Å². The molecule has 12 nitrogen and oxygen atoms in total. The fraction of sp³-hybridized carbons (Fsp3) is 0.367. The smallest absolute Gasteiger partial charge is 0.321 e. The third-order valence-electron chi connectivity index (χ3n) is 7.69. The fourth-order valence-electron chi connectivity index (χ4n) is 5.13. The van der Waals surface area contributed by atoms with E-state index in [0.29, 0.717) is 60.3 Å². The first kappa shape index (κ1) is 28.6. The number of nitrogens with two attached hydrogens (primary N) is 1. The van der Waals surface area contributed by atoms with Crippen molar-refractivity contribution in [1.29, 1.82) is 5.26 Å². The van der Waals surface area contributed by atoms with Gasteiger partial charge in [-0.1, -0.05) is 0 Å². The summed E-state index contributed by atoms with van der Waals surface area (Å²) in [6.07, 6.45) is 3.63. The van der Waals surface area contributed by atoms with Gasteiger partial charge in [-0.15, -0.1) is 0 Å². The van der Waals surface area contributed by atoms with Crippen LogP contribution in [0.25, 0.3) is 0 Å². The number of carbonyl (C=O) groups excluding carboxylic acids is 2. The first-order valence-corrected chi connectivity index (χ1v) is 14.1. The number of piperidine rings is 1. The molecule has 0 radical (unpaired) electrons. The normalized spacial score (nSPS) is 16.0. The molecule has 5 rings (SSSR count). The second-order valence-electron chi connectivity index (χ2n) is 10.8. The lowest BCUT2D eigenvalue weighted by Gasteiger charge is -2.36. The second kappa shape index (κ2) is 12.7. The Morgan fingerprint density at radius 2 is 1.74 bits per heavy atom. The van der Waals surface area contributed by atoms with E-state index in [4.69, 9.17) is 16.0 Å². The number of aromatic nitrogens is 2. The highest BCUT2D eigenvalue weighted by Gasteiger charge is 2.24. The predicted molar refractivity (Wildman–Crippen MR) is 163 cm³/mol. The van der Waals surface area contributed by atoms with Crippen molar-refractivity contribution < 1.29 is 9.59 Å². The highest BCUT2D eigenvalue weighted by atomic mass is 16.2. The molecule has 0 atom stereocenters. The van der Waals surface area contributed by atoms with Crippen molar-refractivity contribution in [2.45, 2.75) is 25.8 Å². The van der Waals surface area contributed by atoms with E-state index in [0.717, 1.165) is 37.3 Å². The number of benzene rings is 2. The third-order valence-corrected chi connectivity index (χ3v) is 7.69. The van der Waals surface area contributed by atoms with Crippen LogP contribution >= 0.6 is 0 Å². The Kier molecular flexibility index (Phi) is 8.68. The molecular formula is C30H36N10O2. The standard InChI is InChI=1S/C30H36N10O2/c1-20-19-33-29(36-26-8-5-22(17-25(26)32)28(41)34-24-9-11-38(2)12-10-24)37-27(20)39-13-15-40(16-14-39)30(42)35-23-6-3-21(18-31)4-7-23/h3-8,17,19,24H,9-16,32H2,1-2H3,(H,34,41)(H,35,42)(H,33,36,37). The van der Waals surface area contributed by atoms with Gasteiger partial charge in [0.1, 0.15) is 5.82 Å². The number of piperazine rings is 1. The summed E-state index contributed by atoms with van der Waals surface area (Å²) < 4.78 is 0. The maximum Gasteiger partial charge on any atom is 0.321 e. The quantitative estimate of drug-likeness (QED) is 0.328. The Labute approximate surface area is 245 Å². The van der Waals surface area contributed by atoms with Gasteiger partial charge in [-0.05, 0) is 82.4 Å². The van der Waals surface area contributed by atoms with Crippen LogP contribution in [0.4, 0.5) is 33.6 Å². The Hall–Kier alpha value is -4.89. The third kappa shape index (κ3) is 6.87. The highest BCUT2D eigenvalue weighted by Crippen LogP contribution is 2.26. The van der Waals surface area contributed by atoms with E-state index < -0.39 is 0 Å². The summed E-state index contributed by atoms with van der Waals surface area (Å²) in [4.78, 5) is 40.9. The Morgan fingerprint density at radius 3 is 2.40 bits per heavy atom. The zero-order valence-corrected chi connectivity index (χ0v) is 23.9. The Balaban J connectivity index is 1.17. The molecule has 0 unspecified atom stereocenters. The van der Waals surface area contributed by atoms with Crippen molar-refractivity contribution in [1.82, 2.24) is 25.1 Å². The lowest BCUT2D eigenvalue weighted by atomic mass is 10.0. The number of rotatable bonds is 6. The van der Waals surface area contributed by atoms with E-state index in [-0.39, 0.29) is 18.0 Å². The molecule has 5 N–H and O–H groups in total. The van der Waals surface area contributed by atoms with Crippen molar-refractivity contribution in [3.8, 4) is 6.07 Å². The summed E-state index contributed by atoms with van der Waals surface area (Å²) in [5.74, 6) is 1.06. The molecule has 12 heteroatoms. The maximum atomic E-state index is 12.8. The summed E-state index contributed by atoms with van der Waals surface area (Å²) in [5.41, 5.74) is 9.98. The van der Waals surface area contributed by atoms with Crippen LogP contribution in [0.15, 0.2) is 48.7 Å². The molecule has 0 spiro atoms. The maximum absolute atomic E-state index is 12.8. The van der Waals surface area contributed by atoms with Crippen LogP contribution < -0.4 is 26.6 Å². The number of hydrogen-bond donors (Lipinski definition) is 4. The molecule has 0 bridgehead atoms. The van der Waals surface area contributed by atoms with Crippen LogP contribution in [0.2, 0.25) is 0 Å². The Morgan fingerprint density at radius 1 is 1.02 bits per heavy atom. The average molecular weight is 569 g/mol. The zero-order chi connectivity index (χ0) is 29.6. The lowest BCUT2D eigenvalue weighted by Crippen LogP contribution is -2.50. The number of likely N-dealkylation sites (tertiary alicyclic amines) is 1. The number of nitrogens with one attached hydrogen (secondary N) is 3.